The summed E-state index contributed by atoms with van der Waals surface area (Å²) in [6.07, 6.45) is 5.48. The molecule has 0 aliphatic carbocycles. The minimum absolute atomic E-state index is 0.353. The highest BCUT2D eigenvalue weighted by molar-refractivity contribution is 5.94. The van der Waals surface area contributed by atoms with E-state index in [2.05, 4.69) is 16.8 Å². The number of carboxylic acid groups (broad SMARTS) is 1. The van der Waals surface area contributed by atoms with Crippen molar-refractivity contribution in [2.75, 3.05) is 18.0 Å². The lowest BCUT2D eigenvalue weighted by Crippen LogP contribution is -2.22. The molecular formula is C12H16N2O2. The standard InChI is InChI=1S/C12H16N2O2/c1-2-9-4-6-14(8-9)11-7-13-5-3-10(11)12(15)16/h3,5,7,9H,2,4,6,8H2,1H3,(H,15,16). The smallest absolute Gasteiger partial charge is 0.337 e. The Bertz CT molecular complexity index is 392. The lowest BCUT2D eigenvalue weighted by atomic mass is 10.1. The number of carbonyl (C=O) groups is 1. The molecule has 2 rings (SSSR count). The van der Waals surface area contributed by atoms with E-state index < -0.39 is 5.97 Å². The topological polar surface area (TPSA) is 53.4 Å². The van der Waals surface area contributed by atoms with Crippen molar-refractivity contribution in [3.8, 4) is 0 Å². The van der Waals surface area contributed by atoms with Crippen LogP contribution in [0.15, 0.2) is 18.5 Å². The Morgan fingerprint density at radius 3 is 3.12 bits per heavy atom. The fourth-order valence-corrected chi connectivity index (χ4v) is 2.20. The molecule has 0 bridgehead atoms. The Morgan fingerprint density at radius 2 is 2.50 bits per heavy atom. The molecular weight excluding hydrogens is 204 g/mol. The van der Waals surface area contributed by atoms with Crippen LogP contribution in [0.2, 0.25) is 0 Å². The Balaban J connectivity index is 2.24. The number of rotatable bonds is 3. The molecule has 1 unspecified atom stereocenters. The molecule has 0 radical (unpaired) electrons. The van der Waals surface area contributed by atoms with E-state index in [1.54, 1.807) is 12.3 Å². The number of aromatic carboxylic acids is 1. The molecule has 2 heterocycles. The second-order valence-electron chi connectivity index (χ2n) is 4.21. The summed E-state index contributed by atoms with van der Waals surface area (Å²) in [6.45, 7) is 4.06. The lowest BCUT2D eigenvalue weighted by molar-refractivity contribution is 0.0697. The van der Waals surface area contributed by atoms with E-state index in [0.717, 1.165) is 31.6 Å². The number of anilines is 1. The normalized spacial score (nSPS) is 20.1. The predicted molar refractivity (Wildman–Crippen MR) is 61.8 cm³/mol. The molecule has 1 saturated heterocycles. The van der Waals surface area contributed by atoms with Gasteiger partial charge in [-0.3, -0.25) is 4.98 Å². The summed E-state index contributed by atoms with van der Waals surface area (Å²) in [5.74, 6) is -0.195. The molecule has 1 aromatic heterocycles. The van der Waals surface area contributed by atoms with Gasteiger partial charge >= 0.3 is 5.97 Å². The minimum Gasteiger partial charge on any atom is -0.478 e. The second-order valence-corrected chi connectivity index (χ2v) is 4.21. The van der Waals surface area contributed by atoms with E-state index in [9.17, 15) is 4.79 Å². The number of carboxylic acids is 1. The van der Waals surface area contributed by atoms with Crippen LogP contribution in [0.5, 0.6) is 0 Å². The highest BCUT2D eigenvalue weighted by Gasteiger charge is 2.24. The maximum atomic E-state index is 11.1. The zero-order chi connectivity index (χ0) is 11.5. The number of hydrogen-bond acceptors (Lipinski definition) is 3. The molecule has 0 spiro atoms. The molecule has 86 valence electrons. The first-order chi connectivity index (χ1) is 7.72. The number of hydrogen-bond donors (Lipinski definition) is 1. The zero-order valence-electron chi connectivity index (χ0n) is 9.39. The van der Waals surface area contributed by atoms with Crippen molar-refractivity contribution in [1.29, 1.82) is 0 Å². The molecule has 1 aliphatic rings. The first-order valence-electron chi connectivity index (χ1n) is 5.64. The third-order valence-corrected chi connectivity index (χ3v) is 3.23. The SMILES string of the molecule is CCC1CCN(c2cnccc2C(=O)O)C1. The van der Waals surface area contributed by atoms with E-state index in [1.807, 2.05) is 0 Å². The van der Waals surface area contributed by atoms with Crippen LogP contribution in [0.1, 0.15) is 30.1 Å². The van der Waals surface area contributed by atoms with Crippen molar-refractivity contribution < 1.29 is 9.90 Å². The van der Waals surface area contributed by atoms with Crippen LogP contribution in [0.3, 0.4) is 0 Å². The molecule has 0 saturated carbocycles. The third-order valence-electron chi connectivity index (χ3n) is 3.23. The van der Waals surface area contributed by atoms with Crippen molar-refractivity contribution in [2.45, 2.75) is 19.8 Å². The monoisotopic (exact) mass is 220 g/mol. The number of nitrogens with zero attached hydrogens (tertiary/aromatic N) is 2. The zero-order valence-corrected chi connectivity index (χ0v) is 9.39. The van der Waals surface area contributed by atoms with Gasteiger partial charge in [-0.15, -0.1) is 0 Å². The summed E-state index contributed by atoms with van der Waals surface area (Å²) < 4.78 is 0. The largest absolute Gasteiger partial charge is 0.478 e. The van der Waals surface area contributed by atoms with Gasteiger partial charge in [0.25, 0.3) is 0 Å². The van der Waals surface area contributed by atoms with Gasteiger partial charge in [0, 0.05) is 19.3 Å². The van der Waals surface area contributed by atoms with Crippen molar-refractivity contribution in [2.24, 2.45) is 5.92 Å². The Labute approximate surface area is 94.9 Å². The third kappa shape index (κ3) is 2.01. The first-order valence-corrected chi connectivity index (χ1v) is 5.64. The average Bonchev–Trinajstić information content (AvgIpc) is 2.77. The summed E-state index contributed by atoms with van der Waals surface area (Å²) in [5.41, 5.74) is 1.11. The Kier molecular flexibility index (Phi) is 3.08. The van der Waals surface area contributed by atoms with Gasteiger partial charge in [-0.25, -0.2) is 4.79 Å². The molecule has 1 aliphatic heterocycles. The van der Waals surface area contributed by atoms with Crippen LogP contribution >= 0.6 is 0 Å². The van der Waals surface area contributed by atoms with Gasteiger partial charge in [-0.1, -0.05) is 13.3 Å². The van der Waals surface area contributed by atoms with E-state index in [1.165, 1.54) is 6.20 Å². The Morgan fingerprint density at radius 1 is 1.69 bits per heavy atom. The van der Waals surface area contributed by atoms with Crippen LogP contribution in [0.25, 0.3) is 0 Å². The van der Waals surface area contributed by atoms with Crippen LogP contribution in [-0.4, -0.2) is 29.1 Å². The van der Waals surface area contributed by atoms with E-state index in [-0.39, 0.29) is 0 Å². The van der Waals surface area contributed by atoms with Crippen molar-refractivity contribution in [3.63, 3.8) is 0 Å². The maximum absolute atomic E-state index is 11.1. The van der Waals surface area contributed by atoms with Crippen LogP contribution in [0.4, 0.5) is 5.69 Å². The summed E-state index contributed by atoms with van der Waals surface area (Å²) in [5, 5.41) is 9.09. The van der Waals surface area contributed by atoms with Crippen molar-refractivity contribution >= 4 is 11.7 Å². The van der Waals surface area contributed by atoms with Crippen LogP contribution in [0, 0.1) is 5.92 Å². The fourth-order valence-electron chi connectivity index (χ4n) is 2.20. The fraction of sp³-hybridized carbons (Fsp3) is 0.500. The maximum Gasteiger partial charge on any atom is 0.337 e. The van der Waals surface area contributed by atoms with Crippen LogP contribution in [-0.2, 0) is 0 Å². The van der Waals surface area contributed by atoms with E-state index >= 15 is 0 Å². The Hall–Kier alpha value is -1.58. The summed E-state index contributed by atoms with van der Waals surface area (Å²) in [6, 6.07) is 1.57. The summed E-state index contributed by atoms with van der Waals surface area (Å²) in [4.78, 5) is 17.2. The molecule has 16 heavy (non-hydrogen) atoms. The van der Waals surface area contributed by atoms with Gasteiger partial charge in [0.1, 0.15) is 0 Å². The summed E-state index contributed by atoms with van der Waals surface area (Å²) in [7, 11) is 0. The van der Waals surface area contributed by atoms with Crippen LogP contribution < -0.4 is 4.90 Å². The highest BCUT2D eigenvalue weighted by atomic mass is 16.4. The minimum atomic E-state index is -0.877. The van der Waals surface area contributed by atoms with Gasteiger partial charge in [0.2, 0.25) is 0 Å². The second kappa shape index (κ2) is 4.51. The molecule has 0 amide bonds. The molecule has 4 heteroatoms. The lowest BCUT2D eigenvalue weighted by Gasteiger charge is -2.19. The molecule has 1 aromatic rings. The summed E-state index contributed by atoms with van der Waals surface area (Å²) >= 11 is 0. The number of pyridine rings is 1. The van der Waals surface area contributed by atoms with Crippen molar-refractivity contribution in [1.82, 2.24) is 4.98 Å². The average molecular weight is 220 g/mol. The van der Waals surface area contributed by atoms with Gasteiger partial charge in [-0.05, 0) is 18.4 Å². The quantitative estimate of drug-likeness (QED) is 0.846. The molecule has 1 fully saturated rings. The molecule has 0 aromatic carbocycles. The van der Waals surface area contributed by atoms with Gasteiger partial charge in [-0.2, -0.15) is 0 Å². The molecule has 1 atom stereocenters. The van der Waals surface area contributed by atoms with Crippen molar-refractivity contribution in [3.05, 3.63) is 24.0 Å². The number of aromatic nitrogens is 1. The van der Waals surface area contributed by atoms with Gasteiger partial charge < -0.3 is 10.0 Å². The van der Waals surface area contributed by atoms with E-state index in [0.29, 0.717) is 11.5 Å². The van der Waals surface area contributed by atoms with E-state index in [4.69, 9.17) is 5.11 Å². The first kappa shape index (κ1) is 10.9. The van der Waals surface area contributed by atoms with Gasteiger partial charge in [0.15, 0.2) is 0 Å². The molecule has 4 nitrogen and oxygen atoms in total. The molecule has 1 N–H and O–H groups in total. The highest BCUT2D eigenvalue weighted by Crippen LogP contribution is 2.27. The van der Waals surface area contributed by atoms with Gasteiger partial charge in [0.05, 0.1) is 17.4 Å². The predicted octanol–water partition coefficient (Wildman–Crippen LogP) is 2.02.